The summed E-state index contributed by atoms with van der Waals surface area (Å²) in [5.74, 6) is -0.295. The summed E-state index contributed by atoms with van der Waals surface area (Å²) in [6.07, 6.45) is 3.70. The molecular weight excluding hydrogens is 434 g/mol. The summed E-state index contributed by atoms with van der Waals surface area (Å²) in [5.41, 5.74) is -1.51. The smallest absolute Gasteiger partial charge is 0.410 e. The fraction of sp³-hybridized carbons (Fsp3) is 0.654. The lowest BCUT2D eigenvalue weighted by molar-refractivity contribution is -0.160. The van der Waals surface area contributed by atoms with Gasteiger partial charge in [0, 0.05) is 37.2 Å². The van der Waals surface area contributed by atoms with E-state index in [0.29, 0.717) is 38.2 Å². The maximum absolute atomic E-state index is 13.0. The second-order valence-corrected chi connectivity index (χ2v) is 11.1. The van der Waals surface area contributed by atoms with Gasteiger partial charge in [0.25, 0.3) is 5.91 Å². The van der Waals surface area contributed by atoms with Crippen molar-refractivity contribution in [1.82, 2.24) is 14.7 Å². The normalized spacial score (nSPS) is 25.1. The van der Waals surface area contributed by atoms with E-state index in [1.165, 1.54) is 0 Å². The van der Waals surface area contributed by atoms with Gasteiger partial charge in [0.05, 0.1) is 12.1 Å². The number of rotatable bonds is 3. The van der Waals surface area contributed by atoms with Crippen LogP contribution in [0.5, 0.6) is 0 Å². The molecule has 3 fully saturated rings. The Morgan fingerprint density at radius 3 is 2.29 bits per heavy atom. The highest BCUT2D eigenvalue weighted by atomic mass is 16.6. The van der Waals surface area contributed by atoms with Crippen LogP contribution >= 0.6 is 0 Å². The third-order valence-corrected chi connectivity index (χ3v) is 7.57. The number of piperazine rings is 1. The van der Waals surface area contributed by atoms with E-state index in [4.69, 9.17) is 4.74 Å². The molecular formula is C26H37N3O5. The molecule has 1 aromatic carbocycles. The molecule has 3 aliphatic rings. The number of hydrogen-bond acceptors (Lipinski definition) is 5. The molecule has 8 heteroatoms. The highest BCUT2D eigenvalue weighted by Crippen LogP contribution is 2.51. The summed E-state index contributed by atoms with van der Waals surface area (Å²) in [7, 11) is 0. The van der Waals surface area contributed by atoms with Crippen LogP contribution in [0.1, 0.15) is 63.2 Å². The predicted molar refractivity (Wildman–Crippen MR) is 127 cm³/mol. The molecule has 2 heterocycles. The largest absolute Gasteiger partial charge is 0.444 e. The topological polar surface area (TPSA) is 90.4 Å². The van der Waals surface area contributed by atoms with Gasteiger partial charge in [0.2, 0.25) is 5.91 Å². The molecule has 0 radical (unpaired) electrons. The lowest BCUT2D eigenvalue weighted by atomic mass is 9.65. The lowest BCUT2D eigenvalue weighted by Gasteiger charge is -2.54. The van der Waals surface area contributed by atoms with Crippen molar-refractivity contribution in [2.75, 3.05) is 39.3 Å². The van der Waals surface area contributed by atoms with Crippen molar-refractivity contribution >= 4 is 17.9 Å². The summed E-state index contributed by atoms with van der Waals surface area (Å²) >= 11 is 0. The standard InChI is InChI=1S/C26H37N3O5/c1-24(2,3)34-23(32)29-14-13-26(33,25(18-29)11-7-8-12-25)19-28-16-15-27(17-21(28)30)22(31)20-9-5-4-6-10-20/h4-6,9-10,33H,7-8,11-19H2,1-3H3. The van der Waals surface area contributed by atoms with Crippen LogP contribution in [0, 0.1) is 5.41 Å². The average Bonchev–Trinajstić information content (AvgIpc) is 3.26. The predicted octanol–water partition coefficient (Wildman–Crippen LogP) is 2.90. The van der Waals surface area contributed by atoms with Gasteiger partial charge in [-0.05, 0) is 52.2 Å². The number of nitrogens with zero attached hydrogens (tertiary/aromatic N) is 3. The van der Waals surface area contributed by atoms with Gasteiger partial charge in [-0.2, -0.15) is 0 Å². The van der Waals surface area contributed by atoms with Crippen LogP contribution < -0.4 is 0 Å². The first kappa shape index (κ1) is 24.5. The minimum Gasteiger partial charge on any atom is -0.444 e. The molecule has 34 heavy (non-hydrogen) atoms. The van der Waals surface area contributed by atoms with Crippen LogP contribution in [0.3, 0.4) is 0 Å². The summed E-state index contributed by atoms with van der Waals surface area (Å²) in [5, 5.41) is 11.9. The van der Waals surface area contributed by atoms with E-state index in [0.717, 1.165) is 25.7 Å². The maximum Gasteiger partial charge on any atom is 0.410 e. The Bertz CT molecular complexity index is 922. The molecule has 2 aliphatic heterocycles. The zero-order valence-electron chi connectivity index (χ0n) is 20.6. The number of piperidine rings is 1. The fourth-order valence-electron chi connectivity index (χ4n) is 5.71. The summed E-state index contributed by atoms with van der Waals surface area (Å²) in [4.78, 5) is 43.5. The molecule has 186 valence electrons. The van der Waals surface area contributed by atoms with E-state index in [-0.39, 0.29) is 31.0 Å². The molecule has 1 unspecified atom stereocenters. The van der Waals surface area contributed by atoms with E-state index in [1.54, 1.807) is 26.8 Å². The summed E-state index contributed by atoms with van der Waals surface area (Å²) in [6.45, 7) is 7.48. The van der Waals surface area contributed by atoms with E-state index in [1.807, 2.05) is 39.0 Å². The van der Waals surface area contributed by atoms with Gasteiger partial charge in [-0.15, -0.1) is 0 Å². The van der Waals surface area contributed by atoms with Gasteiger partial charge in [0.1, 0.15) is 12.1 Å². The summed E-state index contributed by atoms with van der Waals surface area (Å²) < 4.78 is 5.59. The highest BCUT2D eigenvalue weighted by molar-refractivity contribution is 5.97. The van der Waals surface area contributed by atoms with Crippen molar-refractivity contribution < 1.29 is 24.2 Å². The van der Waals surface area contributed by atoms with Crippen LogP contribution in [0.25, 0.3) is 0 Å². The lowest BCUT2D eigenvalue weighted by Crippen LogP contribution is -2.66. The summed E-state index contributed by atoms with van der Waals surface area (Å²) in [6, 6.07) is 8.99. The Balaban J connectivity index is 1.43. The number of amides is 3. The molecule has 2 saturated heterocycles. The van der Waals surface area contributed by atoms with Crippen molar-refractivity contribution in [1.29, 1.82) is 0 Å². The van der Waals surface area contributed by atoms with E-state index in [2.05, 4.69) is 0 Å². The van der Waals surface area contributed by atoms with Crippen molar-refractivity contribution in [3.63, 3.8) is 0 Å². The number of carbonyl (C=O) groups excluding carboxylic acids is 3. The fourth-order valence-corrected chi connectivity index (χ4v) is 5.71. The molecule has 1 spiro atoms. The van der Waals surface area contributed by atoms with Crippen LogP contribution in [-0.4, -0.2) is 88.2 Å². The molecule has 1 atom stereocenters. The van der Waals surface area contributed by atoms with Crippen LogP contribution in [0.2, 0.25) is 0 Å². The number of aliphatic hydroxyl groups is 1. The molecule has 8 nitrogen and oxygen atoms in total. The zero-order chi connectivity index (χ0) is 24.6. The van der Waals surface area contributed by atoms with Crippen molar-refractivity contribution in [2.45, 2.75) is 64.1 Å². The number of hydrogen-bond donors (Lipinski definition) is 1. The molecule has 1 aliphatic carbocycles. The minimum absolute atomic E-state index is 0.0147. The Kier molecular flexibility index (Phi) is 6.64. The number of carbonyl (C=O) groups is 3. The highest BCUT2D eigenvalue weighted by Gasteiger charge is 2.56. The number of likely N-dealkylation sites (tertiary alicyclic amines) is 1. The van der Waals surface area contributed by atoms with E-state index >= 15 is 0 Å². The second kappa shape index (κ2) is 9.21. The van der Waals surface area contributed by atoms with Gasteiger partial charge >= 0.3 is 6.09 Å². The average molecular weight is 472 g/mol. The maximum atomic E-state index is 13.0. The monoisotopic (exact) mass is 471 g/mol. The van der Waals surface area contributed by atoms with Crippen molar-refractivity contribution in [3.05, 3.63) is 35.9 Å². The Morgan fingerprint density at radius 2 is 1.68 bits per heavy atom. The first-order valence-electron chi connectivity index (χ1n) is 12.3. The molecule has 4 rings (SSSR count). The minimum atomic E-state index is -1.07. The molecule has 1 N–H and O–H groups in total. The quantitative estimate of drug-likeness (QED) is 0.732. The number of ether oxygens (including phenoxy) is 1. The third kappa shape index (κ3) is 4.92. The van der Waals surface area contributed by atoms with Crippen LogP contribution in [0.15, 0.2) is 30.3 Å². The Hall–Kier alpha value is -2.61. The molecule has 0 aromatic heterocycles. The van der Waals surface area contributed by atoms with E-state index in [9.17, 15) is 19.5 Å². The number of benzene rings is 1. The van der Waals surface area contributed by atoms with Crippen LogP contribution in [-0.2, 0) is 9.53 Å². The van der Waals surface area contributed by atoms with Gasteiger partial charge in [-0.25, -0.2) is 4.79 Å². The first-order chi connectivity index (χ1) is 16.0. The van der Waals surface area contributed by atoms with Gasteiger partial charge < -0.3 is 24.5 Å². The molecule has 0 bridgehead atoms. The number of β-amino-alcohol motifs (C(OH)–C–C–N with tert-alkyl or cyclic N) is 1. The van der Waals surface area contributed by atoms with Gasteiger partial charge in [-0.1, -0.05) is 31.0 Å². The van der Waals surface area contributed by atoms with Crippen LogP contribution in [0.4, 0.5) is 4.79 Å². The SMILES string of the molecule is CC(C)(C)OC(=O)N1CCC(O)(CN2CCN(C(=O)c3ccccc3)CC2=O)C2(CCCC2)C1. The first-order valence-corrected chi connectivity index (χ1v) is 12.3. The Labute approximate surface area is 201 Å². The third-order valence-electron chi connectivity index (χ3n) is 7.57. The molecule has 1 saturated carbocycles. The van der Waals surface area contributed by atoms with Crippen molar-refractivity contribution in [2.24, 2.45) is 5.41 Å². The van der Waals surface area contributed by atoms with E-state index < -0.39 is 16.6 Å². The molecule has 1 aromatic rings. The zero-order valence-corrected chi connectivity index (χ0v) is 20.6. The van der Waals surface area contributed by atoms with Gasteiger partial charge in [0.15, 0.2) is 0 Å². The van der Waals surface area contributed by atoms with Crippen molar-refractivity contribution in [3.8, 4) is 0 Å². The van der Waals surface area contributed by atoms with Gasteiger partial charge in [-0.3, -0.25) is 9.59 Å². The second-order valence-electron chi connectivity index (χ2n) is 11.1. The Morgan fingerprint density at radius 1 is 1.00 bits per heavy atom. The molecule has 3 amide bonds.